The van der Waals surface area contributed by atoms with E-state index in [2.05, 4.69) is 4.90 Å². The first-order chi connectivity index (χ1) is 13.4. The lowest BCUT2D eigenvalue weighted by atomic mass is 9.84. The van der Waals surface area contributed by atoms with Gasteiger partial charge >= 0.3 is 5.97 Å². The van der Waals surface area contributed by atoms with Gasteiger partial charge in [0, 0.05) is 18.0 Å². The maximum absolute atomic E-state index is 12.1. The zero-order chi connectivity index (χ0) is 21.0. The number of aliphatic carboxylic acids is 1. The second kappa shape index (κ2) is 12.7. The Morgan fingerprint density at radius 3 is 2.14 bits per heavy atom. The lowest BCUT2D eigenvalue weighted by molar-refractivity contribution is -0.168. The predicted molar refractivity (Wildman–Crippen MR) is 113 cm³/mol. The third-order valence-electron chi connectivity index (χ3n) is 5.54. The zero-order valence-corrected chi connectivity index (χ0v) is 17.7. The molecule has 0 aliphatic carbocycles. The van der Waals surface area contributed by atoms with Crippen LogP contribution in [0.1, 0.15) is 82.5 Å². The van der Waals surface area contributed by atoms with E-state index in [1.807, 2.05) is 51.1 Å². The monoisotopic (exact) mass is 391 g/mol. The molecule has 1 aromatic rings. The number of likely N-dealkylation sites (N-methyl/N-ethyl adjacent to an activating group) is 1. The van der Waals surface area contributed by atoms with E-state index in [1.54, 1.807) is 0 Å². The maximum Gasteiger partial charge on any atom is 0.337 e. The molecule has 158 valence electrons. The van der Waals surface area contributed by atoms with Crippen LogP contribution in [0.25, 0.3) is 0 Å². The van der Waals surface area contributed by atoms with Crippen molar-refractivity contribution in [3.05, 3.63) is 35.9 Å². The molecule has 0 radical (unpaired) electrons. The van der Waals surface area contributed by atoms with E-state index in [-0.39, 0.29) is 18.2 Å². The van der Waals surface area contributed by atoms with Gasteiger partial charge in [0.25, 0.3) is 0 Å². The van der Waals surface area contributed by atoms with Gasteiger partial charge in [-0.05, 0) is 38.8 Å². The molecule has 0 bridgehead atoms. The molecule has 28 heavy (non-hydrogen) atoms. The van der Waals surface area contributed by atoms with Crippen molar-refractivity contribution in [1.29, 1.82) is 0 Å². The number of benzene rings is 1. The van der Waals surface area contributed by atoms with Crippen molar-refractivity contribution in [1.82, 2.24) is 4.90 Å². The van der Waals surface area contributed by atoms with Crippen molar-refractivity contribution in [2.75, 3.05) is 13.1 Å². The number of hydrogen-bond donors (Lipinski definition) is 2. The molecule has 2 atom stereocenters. The molecule has 0 heterocycles. The second-order valence-electron chi connectivity index (χ2n) is 7.46. The summed E-state index contributed by atoms with van der Waals surface area (Å²) in [5.74, 6) is -0.982. The molecule has 5 nitrogen and oxygen atoms in total. The summed E-state index contributed by atoms with van der Waals surface area (Å²) in [5, 5.41) is 20.8. The summed E-state index contributed by atoms with van der Waals surface area (Å²) in [4.78, 5) is 26.1. The van der Waals surface area contributed by atoms with Gasteiger partial charge < -0.3 is 10.2 Å². The van der Waals surface area contributed by atoms with E-state index in [0.29, 0.717) is 19.3 Å². The summed E-state index contributed by atoms with van der Waals surface area (Å²) in [6, 6.07) is 8.91. The van der Waals surface area contributed by atoms with Gasteiger partial charge in [-0.25, -0.2) is 4.79 Å². The molecule has 0 aliphatic heterocycles. The van der Waals surface area contributed by atoms with Crippen LogP contribution in [0.15, 0.2) is 30.3 Å². The number of carboxylic acid groups (broad SMARTS) is 1. The summed E-state index contributed by atoms with van der Waals surface area (Å²) >= 11 is 0. The van der Waals surface area contributed by atoms with Crippen LogP contribution in [0, 0.1) is 0 Å². The quantitative estimate of drug-likeness (QED) is 0.339. The van der Waals surface area contributed by atoms with Crippen LogP contribution in [0.3, 0.4) is 0 Å². The summed E-state index contributed by atoms with van der Waals surface area (Å²) in [6.45, 7) is 7.45. The molecule has 1 rings (SSSR count). The Morgan fingerprint density at radius 2 is 1.61 bits per heavy atom. The lowest BCUT2D eigenvalue weighted by Crippen LogP contribution is -2.57. The van der Waals surface area contributed by atoms with Crippen molar-refractivity contribution in [2.45, 2.75) is 83.8 Å². The SMILES string of the molecule is CCCC(N(CC)CC)C(O)(CCCCCCC(=O)c1ccccc1)C(=O)O. The van der Waals surface area contributed by atoms with E-state index in [9.17, 15) is 19.8 Å². The number of unbranched alkanes of at least 4 members (excludes halogenated alkanes) is 3. The lowest BCUT2D eigenvalue weighted by Gasteiger charge is -2.39. The highest BCUT2D eigenvalue weighted by Crippen LogP contribution is 2.28. The smallest absolute Gasteiger partial charge is 0.337 e. The highest BCUT2D eigenvalue weighted by molar-refractivity contribution is 5.95. The van der Waals surface area contributed by atoms with Gasteiger partial charge in [-0.2, -0.15) is 0 Å². The van der Waals surface area contributed by atoms with Crippen LogP contribution in [-0.2, 0) is 4.79 Å². The average Bonchev–Trinajstić information content (AvgIpc) is 2.70. The maximum atomic E-state index is 12.1. The highest BCUT2D eigenvalue weighted by atomic mass is 16.4. The summed E-state index contributed by atoms with van der Waals surface area (Å²) in [7, 11) is 0. The predicted octanol–water partition coefficient (Wildman–Crippen LogP) is 4.54. The van der Waals surface area contributed by atoms with Crippen molar-refractivity contribution >= 4 is 11.8 Å². The van der Waals surface area contributed by atoms with E-state index in [1.165, 1.54) is 0 Å². The van der Waals surface area contributed by atoms with Gasteiger partial charge in [-0.1, -0.05) is 70.4 Å². The number of carboxylic acids is 1. The van der Waals surface area contributed by atoms with E-state index in [0.717, 1.165) is 44.3 Å². The molecule has 5 heteroatoms. The fourth-order valence-electron chi connectivity index (χ4n) is 3.88. The second-order valence-corrected chi connectivity index (χ2v) is 7.46. The number of aliphatic hydroxyl groups is 1. The third kappa shape index (κ3) is 7.02. The van der Waals surface area contributed by atoms with E-state index >= 15 is 0 Å². The van der Waals surface area contributed by atoms with Crippen molar-refractivity contribution < 1.29 is 19.8 Å². The summed E-state index contributed by atoms with van der Waals surface area (Å²) in [6.07, 6.45) is 5.35. The topological polar surface area (TPSA) is 77.8 Å². The Bertz CT molecular complexity index is 586. The number of carbonyl (C=O) groups is 2. The first-order valence-electron chi connectivity index (χ1n) is 10.7. The molecule has 0 aromatic heterocycles. The first kappa shape index (κ1) is 24.3. The molecular weight excluding hydrogens is 354 g/mol. The van der Waals surface area contributed by atoms with Gasteiger partial charge in [-0.3, -0.25) is 9.69 Å². The summed E-state index contributed by atoms with van der Waals surface area (Å²) in [5.41, 5.74) is -0.980. The molecule has 0 saturated carbocycles. The molecule has 2 N–H and O–H groups in total. The number of rotatable bonds is 15. The number of ketones is 1. The Labute approximate surface area is 169 Å². The minimum Gasteiger partial charge on any atom is -0.479 e. The highest BCUT2D eigenvalue weighted by Gasteiger charge is 2.45. The van der Waals surface area contributed by atoms with Gasteiger partial charge in [0.15, 0.2) is 11.4 Å². The third-order valence-corrected chi connectivity index (χ3v) is 5.54. The Morgan fingerprint density at radius 1 is 1.00 bits per heavy atom. The fraction of sp³-hybridized carbons (Fsp3) is 0.652. The van der Waals surface area contributed by atoms with Crippen molar-refractivity contribution in [2.24, 2.45) is 0 Å². The fourth-order valence-corrected chi connectivity index (χ4v) is 3.88. The number of nitrogens with zero attached hydrogens (tertiary/aromatic N) is 1. The van der Waals surface area contributed by atoms with Crippen LogP contribution in [-0.4, -0.2) is 51.6 Å². The molecule has 2 unspecified atom stereocenters. The minimum absolute atomic E-state index is 0.146. The Balaban J connectivity index is 2.51. The standard InChI is InChI=1S/C23H37NO4/c1-4-14-21(24(5-2)6-3)23(28,22(26)27)18-13-8-7-12-17-20(25)19-15-10-9-11-16-19/h9-11,15-16,21,28H,4-8,12-14,17-18H2,1-3H3,(H,26,27). The van der Waals surface area contributed by atoms with Crippen LogP contribution in [0.4, 0.5) is 0 Å². The molecule has 0 spiro atoms. The normalized spacial score (nSPS) is 14.6. The molecule has 0 aliphatic rings. The van der Waals surface area contributed by atoms with Crippen molar-refractivity contribution in [3.8, 4) is 0 Å². The van der Waals surface area contributed by atoms with Crippen LogP contribution in [0.2, 0.25) is 0 Å². The largest absolute Gasteiger partial charge is 0.479 e. The van der Waals surface area contributed by atoms with Crippen LogP contribution in [0.5, 0.6) is 0 Å². The molecule has 1 aromatic carbocycles. The van der Waals surface area contributed by atoms with Gasteiger partial charge in [0.05, 0.1) is 0 Å². The Hall–Kier alpha value is -1.72. The van der Waals surface area contributed by atoms with Gasteiger partial charge in [0.1, 0.15) is 0 Å². The average molecular weight is 392 g/mol. The first-order valence-corrected chi connectivity index (χ1v) is 10.7. The van der Waals surface area contributed by atoms with E-state index < -0.39 is 11.6 Å². The number of carbonyl (C=O) groups excluding carboxylic acids is 1. The van der Waals surface area contributed by atoms with E-state index in [4.69, 9.17) is 0 Å². The van der Waals surface area contributed by atoms with Crippen LogP contribution < -0.4 is 0 Å². The number of hydrogen-bond acceptors (Lipinski definition) is 4. The minimum atomic E-state index is -1.72. The molecular formula is C23H37NO4. The molecule has 0 amide bonds. The Kier molecular flexibility index (Phi) is 11.0. The molecule has 0 fully saturated rings. The van der Waals surface area contributed by atoms with Crippen LogP contribution >= 0.6 is 0 Å². The molecule has 0 saturated heterocycles. The van der Waals surface area contributed by atoms with Crippen molar-refractivity contribution in [3.63, 3.8) is 0 Å². The van der Waals surface area contributed by atoms with Gasteiger partial charge in [-0.15, -0.1) is 0 Å². The zero-order valence-electron chi connectivity index (χ0n) is 17.7. The summed E-state index contributed by atoms with van der Waals surface area (Å²) < 4.78 is 0. The number of Topliss-reactive ketones (excluding diaryl/α,β-unsaturated/α-hetero) is 1. The van der Waals surface area contributed by atoms with Gasteiger partial charge in [0.2, 0.25) is 0 Å².